The maximum atomic E-state index is 11.7. The number of fused-ring (bicyclic) bond motifs is 1. The van der Waals surface area contributed by atoms with E-state index < -0.39 is 0 Å². The zero-order valence-corrected chi connectivity index (χ0v) is 14.4. The zero-order chi connectivity index (χ0) is 16.9. The van der Waals surface area contributed by atoms with Gasteiger partial charge in [-0.1, -0.05) is 0 Å². The van der Waals surface area contributed by atoms with Crippen molar-refractivity contribution in [2.45, 2.75) is 13.0 Å². The van der Waals surface area contributed by atoms with Crippen LogP contribution in [0.25, 0.3) is 10.9 Å². The molecule has 24 heavy (non-hydrogen) atoms. The number of esters is 1. The number of nitrogens with zero attached hydrogens (tertiary/aromatic N) is 2. The van der Waals surface area contributed by atoms with E-state index in [2.05, 4.69) is 22.5 Å². The van der Waals surface area contributed by atoms with Crippen molar-refractivity contribution < 1.29 is 14.3 Å². The first-order valence-electron chi connectivity index (χ1n) is 8.37. The normalized spacial score (nSPS) is 15.6. The lowest BCUT2D eigenvalue weighted by molar-refractivity contribution is -0.141. The summed E-state index contributed by atoms with van der Waals surface area (Å²) in [7, 11) is 3.07. The Kier molecular flexibility index (Phi) is 5.37. The third kappa shape index (κ3) is 3.71. The fraction of sp³-hybridized carbons (Fsp3) is 0.500. The Morgan fingerprint density at radius 1 is 1.25 bits per heavy atom. The number of carbonyl (C=O) groups excluding carboxylic acids is 1. The van der Waals surface area contributed by atoms with Crippen LogP contribution in [0.2, 0.25) is 0 Å². The molecule has 1 aromatic heterocycles. The Hall–Kier alpha value is -2.05. The van der Waals surface area contributed by atoms with Crippen molar-refractivity contribution in [1.29, 1.82) is 0 Å². The zero-order valence-electron chi connectivity index (χ0n) is 14.4. The summed E-state index contributed by atoms with van der Waals surface area (Å²) in [6.07, 6.45) is 3.04. The van der Waals surface area contributed by atoms with Gasteiger partial charge in [-0.2, -0.15) is 0 Å². The summed E-state index contributed by atoms with van der Waals surface area (Å²) < 4.78 is 12.1. The Labute approximate surface area is 142 Å². The molecule has 0 bridgehead atoms. The summed E-state index contributed by atoms with van der Waals surface area (Å²) in [6, 6.07) is 6.03. The minimum absolute atomic E-state index is 0.216. The molecular weight excluding hydrogens is 306 g/mol. The van der Waals surface area contributed by atoms with E-state index in [-0.39, 0.29) is 12.5 Å². The van der Waals surface area contributed by atoms with E-state index in [0.29, 0.717) is 0 Å². The van der Waals surface area contributed by atoms with E-state index in [1.54, 1.807) is 7.11 Å². The molecule has 1 N–H and O–H groups in total. The molecule has 6 heteroatoms. The lowest BCUT2D eigenvalue weighted by atomic mass is 10.1. The van der Waals surface area contributed by atoms with Gasteiger partial charge in [0.15, 0.2) is 0 Å². The van der Waals surface area contributed by atoms with Crippen LogP contribution in [0.4, 0.5) is 0 Å². The summed E-state index contributed by atoms with van der Waals surface area (Å²) in [5.74, 6) is 0.545. The monoisotopic (exact) mass is 331 g/mol. The number of aromatic nitrogens is 1. The van der Waals surface area contributed by atoms with Gasteiger partial charge in [-0.25, -0.2) is 0 Å². The predicted octanol–water partition coefficient (Wildman–Crippen LogP) is 1.27. The molecule has 2 heterocycles. The number of piperazine rings is 1. The number of carbonyl (C=O) groups is 1. The summed E-state index contributed by atoms with van der Waals surface area (Å²) in [6.45, 7) is 5.55. The Morgan fingerprint density at radius 3 is 2.75 bits per heavy atom. The number of hydrogen-bond acceptors (Lipinski definition) is 5. The first kappa shape index (κ1) is 16.8. The maximum Gasteiger partial charge on any atom is 0.325 e. The highest BCUT2D eigenvalue weighted by Crippen LogP contribution is 2.26. The second-order valence-corrected chi connectivity index (χ2v) is 6.08. The van der Waals surface area contributed by atoms with Gasteiger partial charge >= 0.3 is 5.97 Å². The summed E-state index contributed by atoms with van der Waals surface area (Å²) in [4.78, 5) is 14.2. The third-order valence-electron chi connectivity index (χ3n) is 4.61. The molecule has 1 aliphatic heterocycles. The van der Waals surface area contributed by atoms with Crippen molar-refractivity contribution in [1.82, 2.24) is 14.8 Å². The molecule has 1 aliphatic rings. The molecule has 1 aromatic carbocycles. The molecule has 3 rings (SSSR count). The van der Waals surface area contributed by atoms with Crippen molar-refractivity contribution in [2.24, 2.45) is 0 Å². The topological polar surface area (TPSA) is 55.7 Å². The molecule has 6 nitrogen and oxygen atoms in total. The molecule has 130 valence electrons. The number of benzene rings is 1. The van der Waals surface area contributed by atoms with Crippen LogP contribution in [0.3, 0.4) is 0 Å². The molecule has 0 radical (unpaired) electrons. The number of hydrogen-bond donors (Lipinski definition) is 1. The van der Waals surface area contributed by atoms with E-state index in [9.17, 15) is 4.79 Å². The maximum absolute atomic E-state index is 11.7. The molecule has 0 aliphatic carbocycles. The Balaban J connectivity index is 1.84. The second kappa shape index (κ2) is 7.68. The van der Waals surface area contributed by atoms with Crippen LogP contribution in [-0.4, -0.2) is 62.4 Å². The highest BCUT2D eigenvalue weighted by molar-refractivity contribution is 5.86. The van der Waals surface area contributed by atoms with E-state index in [0.717, 1.165) is 50.4 Å². The highest BCUT2D eigenvalue weighted by atomic mass is 16.5. The molecular formula is C18H25N3O3. The summed E-state index contributed by atoms with van der Waals surface area (Å²) in [5, 5.41) is 4.55. The SMILES string of the molecule is COC(=O)Cn1cc(CCN2CCNCC2)c2ccc(OC)cc21. The van der Waals surface area contributed by atoms with Crippen LogP contribution in [0, 0.1) is 0 Å². The van der Waals surface area contributed by atoms with Crippen LogP contribution in [0.1, 0.15) is 5.56 Å². The van der Waals surface area contributed by atoms with Crippen LogP contribution >= 0.6 is 0 Å². The van der Waals surface area contributed by atoms with Gasteiger partial charge in [0, 0.05) is 50.4 Å². The lowest BCUT2D eigenvalue weighted by Gasteiger charge is -2.26. The molecule has 0 saturated carbocycles. The van der Waals surface area contributed by atoms with E-state index >= 15 is 0 Å². The second-order valence-electron chi connectivity index (χ2n) is 6.08. The van der Waals surface area contributed by atoms with Crippen LogP contribution in [-0.2, 0) is 22.5 Å². The van der Waals surface area contributed by atoms with E-state index in [1.165, 1.54) is 18.1 Å². The number of methoxy groups -OCH3 is 2. The fourth-order valence-electron chi connectivity index (χ4n) is 3.22. The average Bonchev–Trinajstić information content (AvgIpc) is 2.97. The smallest absolute Gasteiger partial charge is 0.325 e. The van der Waals surface area contributed by atoms with Gasteiger partial charge in [0.2, 0.25) is 0 Å². The molecule has 1 fully saturated rings. The molecule has 2 aromatic rings. The van der Waals surface area contributed by atoms with Crippen molar-refractivity contribution >= 4 is 16.9 Å². The van der Waals surface area contributed by atoms with Gasteiger partial charge in [0.05, 0.1) is 19.7 Å². The molecule has 0 atom stereocenters. The number of nitrogens with one attached hydrogen (secondary N) is 1. The van der Waals surface area contributed by atoms with Crippen LogP contribution < -0.4 is 10.1 Å². The third-order valence-corrected chi connectivity index (χ3v) is 4.61. The van der Waals surface area contributed by atoms with E-state index in [4.69, 9.17) is 9.47 Å². The first-order valence-corrected chi connectivity index (χ1v) is 8.37. The number of rotatable bonds is 6. The minimum atomic E-state index is -0.247. The molecule has 0 amide bonds. The van der Waals surface area contributed by atoms with Gasteiger partial charge in [0.1, 0.15) is 12.3 Å². The molecule has 1 saturated heterocycles. The van der Waals surface area contributed by atoms with Crippen LogP contribution in [0.15, 0.2) is 24.4 Å². The van der Waals surface area contributed by atoms with Crippen molar-refractivity contribution in [3.05, 3.63) is 30.0 Å². The quantitative estimate of drug-likeness (QED) is 0.808. The summed E-state index contributed by atoms with van der Waals surface area (Å²) in [5.41, 5.74) is 2.27. The van der Waals surface area contributed by atoms with Gasteiger partial charge in [0.25, 0.3) is 0 Å². The van der Waals surface area contributed by atoms with Crippen LogP contribution in [0.5, 0.6) is 5.75 Å². The van der Waals surface area contributed by atoms with Crippen molar-refractivity contribution in [2.75, 3.05) is 46.9 Å². The summed E-state index contributed by atoms with van der Waals surface area (Å²) >= 11 is 0. The fourth-order valence-corrected chi connectivity index (χ4v) is 3.22. The lowest BCUT2D eigenvalue weighted by Crippen LogP contribution is -2.44. The van der Waals surface area contributed by atoms with Crippen molar-refractivity contribution in [3.63, 3.8) is 0 Å². The highest BCUT2D eigenvalue weighted by Gasteiger charge is 2.14. The Bertz CT molecular complexity index is 705. The van der Waals surface area contributed by atoms with E-state index in [1.807, 2.05) is 16.7 Å². The van der Waals surface area contributed by atoms with Gasteiger partial charge in [-0.05, 0) is 24.1 Å². The predicted molar refractivity (Wildman–Crippen MR) is 93.5 cm³/mol. The van der Waals surface area contributed by atoms with Gasteiger partial charge in [-0.3, -0.25) is 4.79 Å². The first-order chi connectivity index (χ1) is 11.7. The largest absolute Gasteiger partial charge is 0.497 e. The minimum Gasteiger partial charge on any atom is -0.497 e. The standard InChI is InChI=1S/C18H25N3O3/c1-23-15-3-4-16-14(5-8-20-9-6-19-7-10-20)12-21(17(16)11-15)13-18(22)24-2/h3-4,11-12,19H,5-10,13H2,1-2H3. The van der Waals surface area contributed by atoms with Gasteiger partial charge in [-0.15, -0.1) is 0 Å². The number of ether oxygens (including phenoxy) is 2. The molecule has 0 spiro atoms. The Morgan fingerprint density at radius 2 is 2.04 bits per heavy atom. The van der Waals surface area contributed by atoms with Crippen molar-refractivity contribution in [3.8, 4) is 5.75 Å². The molecule has 0 unspecified atom stereocenters. The average molecular weight is 331 g/mol. The van der Waals surface area contributed by atoms with Gasteiger partial charge < -0.3 is 24.3 Å².